The number of carbonyl (C=O) groups is 2. The minimum atomic E-state index is -0.632. The van der Waals surface area contributed by atoms with E-state index in [0.29, 0.717) is 24.5 Å². The number of likely N-dealkylation sites (tertiary alicyclic amines) is 1. The Bertz CT molecular complexity index is 882. The van der Waals surface area contributed by atoms with Gasteiger partial charge in [-0.3, -0.25) is 9.59 Å². The summed E-state index contributed by atoms with van der Waals surface area (Å²) in [5, 5.41) is 12.9. The Labute approximate surface area is 162 Å². The number of Topliss-reactive ketones (excluding diaryl/α,β-unsaturated/α-hetero) is 1. The second-order valence-electron chi connectivity index (χ2n) is 6.42. The molecule has 3 rings (SSSR count). The second-order valence-corrected chi connectivity index (χ2v) is 7.37. The van der Waals surface area contributed by atoms with Crippen LogP contribution in [0.4, 0.5) is 0 Å². The Balaban J connectivity index is 2.11. The Morgan fingerprint density at radius 2 is 1.89 bits per heavy atom. The first-order chi connectivity index (χ1) is 13.0. The number of hydrogen-bond acceptors (Lipinski definition) is 5. The monoisotopic (exact) mass is 385 g/mol. The third kappa shape index (κ3) is 3.49. The number of ketones is 1. The van der Waals surface area contributed by atoms with Crippen molar-refractivity contribution in [2.45, 2.75) is 33.2 Å². The van der Waals surface area contributed by atoms with Crippen LogP contribution in [-0.4, -0.2) is 34.8 Å². The Kier molecular flexibility index (Phi) is 5.65. The van der Waals surface area contributed by atoms with E-state index < -0.39 is 17.7 Å². The lowest BCUT2D eigenvalue weighted by atomic mass is 9.98. The molecule has 1 N–H and O–H groups in total. The van der Waals surface area contributed by atoms with E-state index in [1.54, 1.807) is 29.2 Å². The summed E-state index contributed by atoms with van der Waals surface area (Å²) in [6.07, 6.45) is 0.733. The van der Waals surface area contributed by atoms with Crippen molar-refractivity contribution in [3.05, 3.63) is 57.3 Å². The van der Waals surface area contributed by atoms with Gasteiger partial charge in [-0.1, -0.05) is 6.92 Å². The lowest BCUT2D eigenvalue weighted by Gasteiger charge is -2.24. The molecule has 1 aliphatic rings. The van der Waals surface area contributed by atoms with E-state index in [0.717, 1.165) is 16.9 Å². The molecule has 27 heavy (non-hydrogen) atoms. The van der Waals surface area contributed by atoms with E-state index in [1.165, 1.54) is 11.3 Å². The molecule has 1 atom stereocenters. The molecule has 0 spiro atoms. The zero-order valence-corrected chi connectivity index (χ0v) is 16.5. The SMILES string of the molecule is CCCN1C(=O)C(=O)/C(=C(\O)c2ccc(OCC)cc2)C1c1sccc1C. The summed E-state index contributed by atoms with van der Waals surface area (Å²) in [4.78, 5) is 27.9. The zero-order valence-electron chi connectivity index (χ0n) is 15.7. The van der Waals surface area contributed by atoms with E-state index in [9.17, 15) is 14.7 Å². The molecule has 2 aromatic rings. The molecule has 1 amide bonds. The highest BCUT2D eigenvalue weighted by Crippen LogP contribution is 2.42. The zero-order chi connectivity index (χ0) is 19.6. The normalized spacial score (nSPS) is 18.9. The summed E-state index contributed by atoms with van der Waals surface area (Å²) in [6.45, 7) is 6.82. The molecule has 0 saturated carbocycles. The highest BCUT2D eigenvalue weighted by atomic mass is 32.1. The molecule has 1 fully saturated rings. The van der Waals surface area contributed by atoms with Crippen LogP contribution < -0.4 is 4.74 Å². The predicted octanol–water partition coefficient (Wildman–Crippen LogP) is 4.29. The molecule has 1 saturated heterocycles. The second kappa shape index (κ2) is 7.96. The third-order valence-electron chi connectivity index (χ3n) is 4.59. The van der Waals surface area contributed by atoms with Crippen LogP contribution in [0.15, 0.2) is 41.3 Å². The molecule has 0 radical (unpaired) electrons. The third-order valence-corrected chi connectivity index (χ3v) is 5.66. The largest absolute Gasteiger partial charge is 0.507 e. The van der Waals surface area contributed by atoms with Crippen LogP contribution in [0.1, 0.15) is 42.3 Å². The molecule has 1 aliphatic heterocycles. The van der Waals surface area contributed by atoms with Gasteiger partial charge >= 0.3 is 0 Å². The number of carbonyl (C=O) groups excluding carboxylic acids is 2. The number of aliphatic hydroxyl groups is 1. The van der Waals surface area contributed by atoms with Crippen molar-refractivity contribution in [1.82, 2.24) is 4.90 Å². The van der Waals surface area contributed by atoms with Crippen molar-refractivity contribution < 1.29 is 19.4 Å². The van der Waals surface area contributed by atoms with Gasteiger partial charge < -0.3 is 14.7 Å². The summed E-state index contributed by atoms with van der Waals surface area (Å²) < 4.78 is 5.42. The van der Waals surface area contributed by atoms with Crippen molar-refractivity contribution in [3.63, 3.8) is 0 Å². The van der Waals surface area contributed by atoms with E-state index in [2.05, 4.69) is 0 Å². The van der Waals surface area contributed by atoms with Crippen LogP contribution in [-0.2, 0) is 9.59 Å². The predicted molar refractivity (Wildman–Crippen MR) is 106 cm³/mol. The first-order valence-corrected chi connectivity index (χ1v) is 9.93. The smallest absolute Gasteiger partial charge is 0.295 e. The number of ether oxygens (including phenoxy) is 1. The molecular formula is C21H23NO4S. The van der Waals surface area contributed by atoms with Gasteiger partial charge in [-0.2, -0.15) is 0 Å². The van der Waals surface area contributed by atoms with Crippen molar-refractivity contribution >= 4 is 28.8 Å². The Morgan fingerprint density at radius 1 is 1.19 bits per heavy atom. The molecule has 1 aromatic carbocycles. The van der Waals surface area contributed by atoms with E-state index >= 15 is 0 Å². The number of benzene rings is 1. The molecule has 1 unspecified atom stereocenters. The standard InChI is InChI=1S/C21H23NO4S/c1-4-11-22-17(20-13(3)10-12-27-20)16(19(24)21(22)25)18(23)14-6-8-15(9-7-14)26-5-2/h6-10,12,17,23H,4-5,11H2,1-3H3/b18-16-. The number of nitrogens with zero attached hydrogens (tertiary/aromatic N) is 1. The van der Waals surface area contributed by atoms with Gasteiger partial charge in [0, 0.05) is 17.0 Å². The number of hydrogen-bond donors (Lipinski definition) is 1. The maximum Gasteiger partial charge on any atom is 0.295 e. The number of amides is 1. The Morgan fingerprint density at radius 3 is 2.44 bits per heavy atom. The number of aliphatic hydroxyl groups excluding tert-OH is 1. The minimum Gasteiger partial charge on any atom is -0.507 e. The van der Waals surface area contributed by atoms with E-state index in [1.807, 2.05) is 32.2 Å². The minimum absolute atomic E-state index is 0.146. The molecule has 1 aromatic heterocycles. The van der Waals surface area contributed by atoms with Gasteiger partial charge in [0.15, 0.2) is 0 Å². The fourth-order valence-corrected chi connectivity index (χ4v) is 4.37. The van der Waals surface area contributed by atoms with Crippen LogP contribution in [0.25, 0.3) is 5.76 Å². The van der Waals surface area contributed by atoms with Crippen LogP contribution in [0, 0.1) is 6.92 Å². The van der Waals surface area contributed by atoms with Crippen molar-refractivity contribution in [2.75, 3.05) is 13.2 Å². The van der Waals surface area contributed by atoms with Crippen molar-refractivity contribution in [1.29, 1.82) is 0 Å². The van der Waals surface area contributed by atoms with Crippen LogP contribution >= 0.6 is 11.3 Å². The highest BCUT2D eigenvalue weighted by molar-refractivity contribution is 7.10. The first-order valence-electron chi connectivity index (χ1n) is 9.05. The average Bonchev–Trinajstić information content (AvgIpc) is 3.18. The maximum absolute atomic E-state index is 12.8. The topological polar surface area (TPSA) is 66.8 Å². The first kappa shape index (κ1) is 19.2. The van der Waals surface area contributed by atoms with Gasteiger partial charge in [0.1, 0.15) is 11.5 Å². The van der Waals surface area contributed by atoms with Gasteiger partial charge in [0.25, 0.3) is 11.7 Å². The lowest BCUT2D eigenvalue weighted by molar-refractivity contribution is -0.139. The summed E-state index contributed by atoms with van der Waals surface area (Å²) in [5.74, 6) is -0.645. The fourth-order valence-electron chi connectivity index (χ4n) is 3.32. The van der Waals surface area contributed by atoms with Crippen LogP contribution in [0.2, 0.25) is 0 Å². The van der Waals surface area contributed by atoms with Gasteiger partial charge in [0.2, 0.25) is 0 Å². The summed E-state index contributed by atoms with van der Waals surface area (Å²) >= 11 is 1.49. The van der Waals surface area contributed by atoms with Gasteiger partial charge in [-0.15, -0.1) is 11.3 Å². The molecule has 142 valence electrons. The van der Waals surface area contributed by atoms with Gasteiger partial charge in [-0.25, -0.2) is 0 Å². The van der Waals surface area contributed by atoms with Crippen LogP contribution in [0.5, 0.6) is 5.75 Å². The van der Waals surface area contributed by atoms with Crippen molar-refractivity contribution in [3.8, 4) is 5.75 Å². The summed E-state index contributed by atoms with van der Waals surface area (Å²) in [7, 11) is 0. The molecule has 0 aliphatic carbocycles. The van der Waals surface area contributed by atoms with Crippen molar-refractivity contribution in [2.24, 2.45) is 0 Å². The summed E-state index contributed by atoms with van der Waals surface area (Å²) in [6, 6.07) is 8.30. The Hall–Kier alpha value is -2.60. The molecule has 2 heterocycles. The molecular weight excluding hydrogens is 362 g/mol. The fraction of sp³-hybridized carbons (Fsp3) is 0.333. The average molecular weight is 385 g/mol. The quantitative estimate of drug-likeness (QED) is 0.458. The lowest BCUT2D eigenvalue weighted by Crippen LogP contribution is -2.30. The molecule has 0 bridgehead atoms. The van der Waals surface area contributed by atoms with Gasteiger partial charge in [-0.05, 0) is 61.5 Å². The van der Waals surface area contributed by atoms with Crippen LogP contribution in [0.3, 0.4) is 0 Å². The highest BCUT2D eigenvalue weighted by Gasteiger charge is 2.46. The number of thiophene rings is 1. The molecule has 5 nitrogen and oxygen atoms in total. The maximum atomic E-state index is 12.8. The molecule has 6 heteroatoms. The summed E-state index contributed by atoms with van der Waals surface area (Å²) in [5.41, 5.74) is 1.65. The number of rotatable bonds is 6. The van der Waals surface area contributed by atoms with E-state index in [4.69, 9.17) is 4.74 Å². The van der Waals surface area contributed by atoms with E-state index in [-0.39, 0.29) is 11.3 Å². The number of aryl methyl sites for hydroxylation is 1. The van der Waals surface area contributed by atoms with Gasteiger partial charge in [0.05, 0.1) is 18.2 Å².